The number of carbonyl (C=O) groups excluding carboxylic acids is 3. The first-order chi connectivity index (χ1) is 15.9. The van der Waals surface area contributed by atoms with E-state index in [1.54, 1.807) is 13.8 Å². The van der Waals surface area contributed by atoms with Crippen LogP contribution >= 0.6 is 0 Å². The Bertz CT molecular complexity index is 850. The lowest BCUT2D eigenvalue weighted by molar-refractivity contribution is -0.150. The number of phenols is 1. The second-order valence-electron chi connectivity index (χ2n) is 8.60. The molecule has 8 nitrogen and oxygen atoms in total. The second kappa shape index (κ2) is 13.2. The van der Waals surface area contributed by atoms with Crippen LogP contribution in [0, 0.1) is 12.8 Å². The molecular formula is C24H37F2N3O5. The molecule has 0 saturated heterocycles. The van der Waals surface area contributed by atoms with Crippen molar-refractivity contribution in [3.63, 3.8) is 0 Å². The van der Waals surface area contributed by atoms with Crippen molar-refractivity contribution in [3.8, 4) is 5.75 Å². The van der Waals surface area contributed by atoms with Gasteiger partial charge >= 0.3 is 0 Å². The summed E-state index contributed by atoms with van der Waals surface area (Å²) in [4.78, 5) is 38.6. The Morgan fingerprint density at radius 2 is 1.79 bits per heavy atom. The van der Waals surface area contributed by atoms with Crippen LogP contribution < -0.4 is 10.6 Å². The zero-order chi connectivity index (χ0) is 26.1. The van der Waals surface area contributed by atoms with E-state index in [-0.39, 0.29) is 23.7 Å². The van der Waals surface area contributed by atoms with Crippen molar-refractivity contribution in [1.29, 1.82) is 0 Å². The third kappa shape index (κ3) is 8.55. The molecule has 3 atom stereocenters. The zero-order valence-electron chi connectivity index (χ0n) is 20.5. The first-order valence-corrected chi connectivity index (χ1v) is 11.6. The molecule has 0 aliphatic rings. The van der Waals surface area contributed by atoms with Crippen molar-refractivity contribution in [3.05, 3.63) is 29.3 Å². The molecule has 4 N–H and O–H groups in total. The largest absolute Gasteiger partial charge is 0.508 e. The number of benzene rings is 1. The van der Waals surface area contributed by atoms with Gasteiger partial charge in [0.25, 0.3) is 17.7 Å². The summed E-state index contributed by atoms with van der Waals surface area (Å²) in [6.45, 7) is 6.93. The summed E-state index contributed by atoms with van der Waals surface area (Å²) < 4.78 is 28.3. The summed E-state index contributed by atoms with van der Waals surface area (Å²) in [5.41, 5.74) is 0.467. The molecular weight excluding hydrogens is 448 g/mol. The fourth-order valence-corrected chi connectivity index (χ4v) is 3.14. The number of hydrogen-bond donors (Lipinski definition) is 4. The van der Waals surface area contributed by atoms with E-state index >= 15 is 0 Å². The Labute approximate surface area is 199 Å². The van der Waals surface area contributed by atoms with Crippen LogP contribution in [0.5, 0.6) is 5.75 Å². The van der Waals surface area contributed by atoms with Gasteiger partial charge in [-0.25, -0.2) is 8.78 Å². The summed E-state index contributed by atoms with van der Waals surface area (Å²) >= 11 is 0. The number of aromatic hydroxyl groups is 1. The van der Waals surface area contributed by atoms with E-state index in [4.69, 9.17) is 0 Å². The minimum absolute atomic E-state index is 0.0892. The summed E-state index contributed by atoms with van der Waals surface area (Å²) in [5.74, 6) is -5.49. The van der Waals surface area contributed by atoms with Gasteiger partial charge in [0, 0.05) is 24.1 Å². The number of rotatable bonds is 13. The van der Waals surface area contributed by atoms with Gasteiger partial charge in [-0.2, -0.15) is 0 Å². The van der Waals surface area contributed by atoms with E-state index < -0.39 is 55.3 Å². The normalized spacial score (nSPS) is 14.1. The van der Waals surface area contributed by atoms with Crippen molar-refractivity contribution in [2.75, 3.05) is 19.6 Å². The highest BCUT2D eigenvalue weighted by atomic mass is 19.3. The highest BCUT2D eigenvalue weighted by Crippen LogP contribution is 2.21. The lowest BCUT2D eigenvalue weighted by atomic mass is 10.0. The minimum atomic E-state index is -3.25. The molecule has 192 valence electrons. The molecule has 3 amide bonds. The first kappa shape index (κ1) is 29.3. The maximum absolute atomic E-state index is 14.1. The topological polar surface area (TPSA) is 119 Å². The Balaban J connectivity index is 3.02. The summed E-state index contributed by atoms with van der Waals surface area (Å²) in [6, 6.07) is 3.27. The van der Waals surface area contributed by atoms with E-state index in [9.17, 15) is 33.4 Å². The SMILES string of the molecule is CCC(NC(=O)c1cccc(O)c1C)C(O)C(=O)N(CC(=O)NC[C@@H](C)CC)CC(F)(F)CC. The third-order valence-corrected chi connectivity index (χ3v) is 5.87. The zero-order valence-corrected chi connectivity index (χ0v) is 20.5. The standard InChI is InChI=1S/C24H37F2N3O5/c1-6-15(4)12-27-20(31)13-29(14-24(25,26)8-3)23(34)21(32)18(7-2)28-22(33)17-10-9-11-19(30)16(17)5/h9-11,15,18,21,30,32H,6-8,12-14H2,1-5H3,(H,27,31)(H,28,33)/t15-,18?,21?/m0/s1. The van der Waals surface area contributed by atoms with Crippen LogP contribution in [0.25, 0.3) is 0 Å². The molecule has 2 unspecified atom stereocenters. The summed E-state index contributed by atoms with van der Waals surface area (Å²) in [5, 5.41) is 25.6. The summed E-state index contributed by atoms with van der Waals surface area (Å²) in [6.07, 6.45) is -1.46. The highest BCUT2D eigenvalue weighted by Gasteiger charge is 2.37. The van der Waals surface area contributed by atoms with Gasteiger partial charge in [0.2, 0.25) is 5.91 Å². The monoisotopic (exact) mass is 485 g/mol. The Morgan fingerprint density at radius 1 is 1.15 bits per heavy atom. The lowest BCUT2D eigenvalue weighted by Gasteiger charge is -2.31. The number of alkyl halides is 2. The van der Waals surface area contributed by atoms with Crippen molar-refractivity contribution in [1.82, 2.24) is 15.5 Å². The number of nitrogens with one attached hydrogen (secondary N) is 2. The van der Waals surface area contributed by atoms with E-state index in [1.165, 1.54) is 25.1 Å². The Kier molecular flexibility index (Phi) is 11.4. The molecule has 0 heterocycles. The number of phenolic OH excluding ortho intramolecular Hbond substituents is 1. The number of hydrogen-bond acceptors (Lipinski definition) is 5. The van der Waals surface area contributed by atoms with Crippen LogP contribution in [-0.2, 0) is 9.59 Å². The maximum atomic E-state index is 14.1. The molecule has 0 bridgehead atoms. The summed E-state index contributed by atoms with van der Waals surface area (Å²) in [7, 11) is 0. The molecule has 1 aromatic rings. The van der Waals surface area contributed by atoms with Gasteiger partial charge in [-0.1, -0.05) is 40.2 Å². The average Bonchev–Trinajstić information content (AvgIpc) is 2.80. The minimum Gasteiger partial charge on any atom is -0.508 e. The number of aliphatic hydroxyl groups is 1. The molecule has 10 heteroatoms. The van der Waals surface area contributed by atoms with Crippen LogP contribution in [0.2, 0.25) is 0 Å². The number of halogens is 2. The van der Waals surface area contributed by atoms with Gasteiger partial charge < -0.3 is 25.7 Å². The fraction of sp³-hybridized carbons (Fsp3) is 0.625. The van der Waals surface area contributed by atoms with Crippen LogP contribution in [0.3, 0.4) is 0 Å². The van der Waals surface area contributed by atoms with Gasteiger partial charge in [0.1, 0.15) is 5.75 Å². The van der Waals surface area contributed by atoms with Gasteiger partial charge in [0.15, 0.2) is 6.10 Å². The van der Waals surface area contributed by atoms with Crippen molar-refractivity contribution in [2.45, 2.75) is 71.9 Å². The molecule has 0 radical (unpaired) electrons. The lowest BCUT2D eigenvalue weighted by Crippen LogP contribution is -2.55. The van der Waals surface area contributed by atoms with E-state index in [2.05, 4.69) is 10.6 Å². The highest BCUT2D eigenvalue weighted by molar-refractivity contribution is 5.97. The average molecular weight is 486 g/mol. The fourth-order valence-electron chi connectivity index (χ4n) is 3.14. The smallest absolute Gasteiger partial charge is 0.265 e. The molecule has 0 aliphatic carbocycles. The van der Waals surface area contributed by atoms with Crippen molar-refractivity contribution >= 4 is 17.7 Å². The predicted octanol–water partition coefficient (Wildman–Crippen LogP) is 2.61. The number of nitrogens with zero attached hydrogens (tertiary/aromatic N) is 1. The van der Waals surface area contributed by atoms with Crippen molar-refractivity contribution < 1.29 is 33.4 Å². The molecule has 34 heavy (non-hydrogen) atoms. The predicted molar refractivity (Wildman–Crippen MR) is 125 cm³/mol. The van der Waals surface area contributed by atoms with Gasteiger partial charge in [-0.3, -0.25) is 14.4 Å². The third-order valence-electron chi connectivity index (χ3n) is 5.87. The Hall–Kier alpha value is -2.75. The number of amides is 3. The molecule has 0 aromatic heterocycles. The van der Waals surface area contributed by atoms with Crippen LogP contribution in [0.1, 0.15) is 62.9 Å². The molecule has 1 rings (SSSR count). The van der Waals surface area contributed by atoms with E-state index in [0.29, 0.717) is 17.0 Å². The van der Waals surface area contributed by atoms with E-state index in [0.717, 1.165) is 6.42 Å². The maximum Gasteiger partial charge on any atom is 0.265 e. The van der Waals surface area contributed by atoms with Gasteiger partial charge in [-0.05, 0) is 31.4 Å². The molecule has 0 spiro atoms. The van der Waals surface area contributed by atoms with Crippen molar-refractivity contribution in [2.24, 2.45) is 5.92 Å². The number of carbonyl (C=O) groups is 3. The second-order valence-corrected chi connectivity index (χ2v) is 8.60. The van der Waals surface area contributed by atoms with Crippen LogP contribution in [0.4, 0.5) is 8.78 Å². The first-order valence-electron chi connectivity index (χ1n) is 11.6. The molecule has 0 saturated carbocycles. The van der Waals surface area contributed by atoms with Gasteiger partial charge in [0.05, 0.1) is 19.1 Å². The Morgan fingerprint density at radius 3 is 2.35 bits per heavy atom. The quantitative estimate of drug-likeness (QED) is 0.343. The van der Waals surface area contributed by atoms with Crippen LogP contribution in [-0.4, -0.2) is 70.5 Å². The molecule has 0 fully saturated rings. The van der Waals surface area contributed by atoms with E-state index in [1.807, 2.05) is 13.8 Å². The molecule has 1 aromatic carbocycles. The molecule has 0 aliphatic heterocycles. The van der Waals surface area contributed by atoms with Gasteiger partial charge in [-0.15, -0.1) is 0 Å². The number of aliphatic hydroxyl groups excluding tert-OH is 1. The van der Waals surface area contributed by atoms with Crippen LogP contribution in [0.15, 0.2) is 18.2 Å².